The minimum atomic E-state index is -0.401. The van der Waals surface area contributed by atoms with E-state index in [1.165, 1.54) is 7.11 Å². The molecule has 1 aromatic rings. The van der Waals surface area contributed by atoms with Crippen LogP contribution < -0.4 is 11.1 Å². The Bertz CT molecular complexity index is 452. The Labute approximate surface area is 125 Å². The Kier molecular flexibility index (Phi) is 8.59. The molecule has 1 rings (SSSR count). The third kappa shape index (κ3) is 6.04. The lowest BCUT2D eigenvalue weighted by atomic mass is 9.98. The van der Waals surface area contributed by atoms with Crippen LogP contribution in [0.25, 0.3) is 0 Å². The number of aryl methyl sites for hydroxylation is 1. The average molecular weight is 301 g/mol. The molecule has 0 heterocycles. The number of halogens is 1. The summed E-state index contributed by atoms with van der Waals surface area (Å²) in [5.41, 5.74) is 7.38. The summed E-state index contributed by atoms with van der Waals surface area (Å²) < 4.78 is 4.76. The normalized spacial score (nSPS) is 11.2. The summed E-state index contributed by atoms with van der Waals surface area (Å²) in [6.07, 6.45) is 0.527. The molecule has 0 saturated heterocycles. The van der Waals surface area contributed by atoms with Crippen molar-refractivity contribution in [2.24, 2.45) is 11.7 Å². The topological polar surface area (TPSA) is 81.4 Å². The molecule has 1 amide bonds. The lowest BCUT2D eigenvalue weighted by molar-refractivity contribution is -0.145. The van der Waals surface area contributed by atoms with Gasteiger partial charge in [-0.25, -0.2) is 0 Å². The fourth-order valence-electron chi connectivity index (χ4n) is 1.84. The highest BCUT2D eigenvalue weighted by Gasteiger charge is 2.20. The second kappa shape index (κ2) is 9.34. The quantitative estimate of drug-likeness (QED) is 0.762. The van der Waals surface area contributed by atoms with Crippen LogP contribution in [-0.2, 0) is 20.7 Å². The molecule has 0 aliphatic heterocycles. The zero-order valence-corrected chi connectivity index (χ0v) is 12.5. The molecule has 112 valence electrons. The van der Waals surface area contributed by atoms with E-state index in [2.05, 4.69) is 5.32 Å². The zero-order valence-electron chi connectivity index (χ0n) is 11.7. The minimum absolute atomic E-state index is 0. The van der Waals surface area contributed by atoms with Crippen molar-refractivity contribution in [1.82, 2.24) is 5.32 Å². The number of benzene rings is 1. The van der Waals surface area contributed by atoms with Crippen LogP contribution in [0.1, 0.15) is 11.1 Å². The Balaban J connectivity index is 0.00000361. The van der Waals surface area contributed by atoms with Gasteiger partial charge in [0.25, 0.3) is 0 Å². The molecule has 5 nitrogen and oxygen atoms in total. The van der Waals surface area contributed by atoms with E-state index in [1.807, 2.05) is 31.2 Å². The number of nitrogens with one attached hydrogen (secondary N) is 1. The van der Waals surface area contributed by atoms with Crippen LogP contribution in [-0.4, -0.2) is 32.1 Å². The van der Waals surface area contributed by atoms with E-state index in [4.69, 9.17) is 10.5 Å². The van der Waals surface area contributed by atoms with E-state index in [-0.39, 0.29) is 37.4 Å². The van der Waals surface area contributed by atoms with Crippen LogP contribution in [0, 0.1) is 12.8 Å². The molecule has 0 aliphatic rings. The maximum atomic E-state index is 11.7. The Morgan fingerprint density at radius 2 is 2.10 bits per heavy atom. The number of carbonyl (C=O) groups excluding carboxylic acids is 2. The molecular formula is C14H21ClN2O3. The highest BCUT2D eigenvalue weighted by atomic mass is 35.5. The lowest BCUT2D eigenvalue weighted by Crippen LogP contribution is -2.37. The molecule has 0 aliphatic carbocycles. The van der Waals surface area contributed by atoms with Crippen molar-refractivity contribution in [2.75, 3.05) is 20.2 Å². The van der Waals surface area contributed by atoms with Crippen LogP contribution in [0.4, 0.5) is 0 Å². The van der Waals surface area contributed by atoms with Gasteiger partial charge in [-0.15, -0.1) is 12.4 Å². The number of hydrogen-bond acceptors (Lipinski definition) is 4. The maximum absolute atomic E-state index is 11.7. The third-order valence-corrected chi connectivity index (χ3v) is 2.83. The van der Waals surface area contributed by atoms with E-state index in [9.17, 15) is 9.59 Å². The molecule has 20 heavy (non-hydrogen) atoms. The summed E-state index contributed by atoms with van der Waals surface area (Å²) in [6.45, 7) is 2.14. The number of carbonyl (C=O) groups is 2. The highest BCUT2D eigenvalue weighted by molar-refractivity contribution is 5.85. The molecule has 1 atom stereocenters. The van der Waals surface area contributed by atoms with E-state index >= 15 is 0 Å². The Morgan fingerprint density at radius 3 is 2.65 bits per heavy atom. The van der Waals surface area contributed by atoms with Crippen molar-refractivity contribution in [3.63, 3.8) is 0 Å². The first-order valence-corrected chi connectivity index (χ1v) is 6.17. The number of esters is 1. The van der Waals surface area contributed by atoms with E-state index in [0.29, 0.717) is 6.42 Å². The number of rotatable bonds is 6. The molecular weight excluding hydrogens is 280 g/mol. The summed E-state index contributed by atoms with van der Waals surface area (Å²) >= 11 is 0. The number of amides is 1. The summed E-state index contributed by atoms with van der Waals surface area (Å²) in [6, 6.07) is 7.90. The van der Waals surface area contributed by atoms with Gasteiger partial charge in [0.05, 0.1) is 19.6 Å². The second-order valence-corrected chi connectivity index (χ2v) is 4.42. The summed E-state index contributed by atoms with van der Waals surface area (Å²) in [5, 5.41) is 2.62. The van der Waals surface area contributed by atoms with Gasteiger partial charge in [0.1, 0.15) is 0 Å². The van der Waals surface area contributed by atoms with Crippen LogP contribution in [0.2, 0.25) is 0 Å². The lowest BCUT2D eigenvalue weighted by Gasteiger charge is -2.15. The van der Waals surface area contributed by atoms with Crippen molar-refractivity contribution in [3.05, 3.63) is 35.4 Å². The van der Waals surface area contributed by atoms with Gasteiger partial charge in [0, 0.05) is 6.54 Å². The van der Waals surface area contributed by atoms with Gasteiger partial charge >= 0.3 is 5.97 Å². The SMILES string of the molecule is COC(=O)C(CNC(=O)CN)Cc1cccc(C)c1.Cl. The first-order valence-electron chi connectivity index (χ1n) is 6.17. The number of hydrogen-bond donors (Lipinski definition) is 2. The molecule has 3 N–H and O–H groups in total. The van der Waals surface area contributed by atoms with Gasteiger partial charge in [-0.05, 0) is 18.9 Å². The predicted octanol–water partition coefficient (Wildman–Crippen LogP) is 0.823. The average Bonchev–Trinajstić information content (AvgIpc) is 2.42. The van der Waals surface area contributed by atoms with Crippen LogP contribution in [0.5, 0.6) is 0 Å². The largest absolute Gasteiger partial charge is 0.469 e. The third-order valence-electron chi connectivity index (χ3n) is 2.83. The van der Waals surface area contributed by atoms with Crippen LogP contribution in [0.3, 0.4) is 0 Å². The number of methoxy groups -OCH3 is 1. The number of nitrogens with two attached hydrogens (primary N) is 1. The van der Waals surface area contributed by atoms with E-state index < -0.39 is 5.92 Å². The van der Waals surface area contributed by atoms with Crippen molar-refractivity contribution in [1.29, 1.82) is 0 Å². The fourth-order valence-corrected chi connectivity index (χ4v) is 1.84. The molecule has 1 unspecified atom stereocenters. The van der Waals surface area contributed by atoms with Crippen molar-refractivity contribution in [2.45, 2.75) is 13.3 Å². The fraction of sp³-hybridized carbons (Fsp3) is 0.429. The molecule has 0 radical (unpaired) electrons. The van der Waals surface area contributed by atoms with E-state index in [0.717, 1.165) is 11.1 Å². The minimum Gasteiger partial charge on any atom is -0.469 e. The maximum Gasteiger partial charge on any atom is 0.310 e. The van der Waals surface area contributed by atoms with Crippen molar-refractivity contribution >= 4 is 24.3 Å². The van der Waals surface area contributed by atoms with Gasteiger partial charge < -0.3 is 15.8 Å². The molecule has 0 spiro atoms. The van der Waals surface area contributed by atoms with Crippen molar-refractivity contribution < 1.29 is 14.3 Å². The molecule has 6 heteroatoms. The van der Waals surface area contributed by atoms with Crippen LogP contribution >= 0.6 is 12.4 Å². The van der Waals surface area contributed by atoms with Gasteiger partial charge in [0.2, 0.25) is 5.91 Å². The van der Waals surface area contributed by atoms with Gasteiger partial charge in [0.15, 0.2) is 0 Å². The van der Waals surface area contributed by atoms with Gasteiger partial charge in [-0.3, -0.25) is 9.59 Å². The molecule has 1 aromatic carbocycles. The summed E-state index contributed by atoms with van der Waals surface area (Å²) in [7, 11) is 1.34. The smallest absolute Gasteiger partial charge is 0.310 e. The van der Waals surface area contributed by atoms with Gasteiger partial charge in [-0.1, -0.05) is 29.8 Å². The zero-order chi connectivity index (χ0) is 14.3. The number of ether oxygens (including phenoxy) is 1. The standard InChI is InChI=1S/C14H20N2O3.ClH/c1-10-4-3-5-11(6-10)7-12(14(18)19-2)9-16-13(17)8-15;/h3-6,12H,7-9,15H2,1-2H3,(H,16,17);1H. The Hall–Kier alpha value is -1.59. The summed E-state index contributed by atoms with van der Waals surface area (Å²) in [4.78, 5) is 22.8. The Morgan fingerprint density at radius 1 is 1.40 bits per heavy atom. The molecule has 0 bridgehead atoms. The first kappa shape index (κ1) is 18.4. The first-order chi connectivity index (χ1) is 9.06. The highest BCUT2D eigenvalue weighted by Crippen LogP contribution is 2.11. The van der Waals surface area contributed by atoms with Gasteiger partial charge in [-0.2, -0.15) is 0 Å². The van der Waals surface area contributed by atoms with E-state index in [1.54, 1.807) is 0 Å². The second-order valence-electron chi connectivity index (χ2n) is 4.42. The predicted molar refractivity (Wildman–Crippen MR) is 79.7 cm³/mol. The molecule has 0 saturated carbocycles. The van der Waals surface area contributed by atoms with Crippen LogP contribution in [0.15, 0.2) is 24.3 Å². The molecule has 0 aromatic heterocycles. The van der Waals surface area contributed by atoms with Crippen molar-refractivity contribution in [3.8, 4) is 0 Å². The monoisotopic (exact) mass is 300 g/mol. The summed E-state index contributed by atoms with van der Waals surface area (Å²) in [5.74, 6) is -1.01. The molecule has 0 fully saturated rings.